The molecule has 0 atom stereocenters. The summed E-state index contributed by atoms with van der Waals surface area (Å²) in [6, 6.07) is 6.73. The van der Waals surface area contributed by atoms with Gasteiger partial charge in [0.15, 0.2) is 0 Å². The van der Waals surface area contributed by atoms with Gasteiger partial charge in [-0.1, -0.05) is 18.2 Å². The predicted molar refractivity (Wildman–Crippen MR) is 61.6 cm³/mol. The zero-order chi connectivity index (χ0) is 11.4. The lowest BCUT2D eigenvalue weighted by Gasteiger charge is -2.03. The molecule has 82 valence electrons. The van der Waals surface area contributed by atoms with Crippen LogP contribution in [0.3, 0.4) is 0 Å². The lowest BCUT2D eigenvalue weighted by Crippen LogP contribution is -1.98. The van der Waals surface area contributed by atoms with Crippen molar-refractivity contribution in [3.63, 3.8) is 0 Å². The molecule has 0 fully saturated rings. The van der Waals surface area contributed by atoms with Crippen LogP contribution in [0.4, 0.5) is 4.39 Å². The van der Waals surface area contributed by atoms with E-state index < -0.39 is 0 Å². The maximum Gasteiger partial charge on any atom is 0.149 e. The molecule has 0 saturated heterocycles. The van der Waals surface area contributed by atoms with Gasteiger partial charge in [-0.3, -0.25) is 0 Å². The fourth-order valence-corrected chi connectivity index (χ4v) is 1.43. The molecule has 2 rings (SSSR count). The maximum absolute atomic E-state index is 13.7. The number of hydrogen-bond acceptors (Lipinski definition) is 2. The lowest BCUT2D eigenvalue weighted by atomic mass is 10.2. The van der Waals surface area contributed by atoms with E-state index in [-0.39, 0.29) is 5.82 Å². The normalized spacial score (nSPS) is 11.1. The van der Waals surface area contributed by atoms with Crippen LogP contribution < -0.4 is 5.73 Å². The van der Waals surface area contributed by atoms with Gasteiger partial charge in [0.2, 0.25) is 0 Å². The van der Waals surface area contributed by atoms with Gasteiger partial charge in [-0.05, 0) is 23.8 Å². The fourth-order valence-electron chi connectivity index (χ4n) is 1.43. The average Bonchev–Trinajstić information content (AvgIpc) is 2.80. The van der Waals surface area contributed by atoms with Crippen molar-refractivity contribution >= 4 is 6.08 Å². The summed E-state index contributed by atoms with van der Waals surface area (Å²) in [6.07, 6.45) is 6.88. The first-order chi connectivity index (χ1) is 7.81. The third-order valence-electron chi connectivity index (χ3n) is 2.17. The summed E-state index contributed by atoms with van der Waals surface area (Å²) in [5, 5.41) is 3.98. The number of rotatable bonds is 3. The van der Waals surface area contributed by atoms with E-state index >= 15 is 0 Å². The van der Waals surface area contributed by atoms with Gasteiger partial charge < -0.3 is 5.73 Å². The van der Waals surface area contributed by atoms with Crippen LogP contribution in [0.1, 0.15) is 5.56 Å². The van der Waals surface area contributed by atoms with Gasteiger partial charge in [0.25, 0.3) is 0 Å². The van der Waals surface area contributed by atoms with Crippen molar-refractivity contribution in [1.82, 2.24) is 9.78 Å². The minimum absolute atomic E-state index is 0.303. The molecule has 0 unspecified atom stereocenters. The van der Waals surface area contributed by atoms with Crippen LogP contribution in [0.2, 0.25) is 0 Å². The second-order valence-corrected chi connectivity index (χ2v) is 3.30. The minimum atomic E-state index is -0.303. The average molecular weight is 217 g/mol. The Balaban J connectivity index is 2.34. The van der Waals surface area contributed by atoms with E-state index in [1.165, 1.54) is 10.7 Å². The lowest BCUT2D eigenvalue weighted by molar-refractivity contribution is 0.610. The van der Waals surface area contributed by atoms with Gasteiger partial charge in [0, 0.05) is 18.9 Å². The van der Waals surface area contributed by atoms with Crippen LogP contribution in [0, 0.1) is 5.82 Å². The molecule has 0 aliphatic carbocycles. The Bertz CT molecular complexity index is 489. The van der Waals surface area contributed by atoms with Gasteiger partial charge >= 0.3 is 0 Å². The fraction of sp³-hybridized carbons (Fsp3) is 0.0833. The first-order valence-corrected chi connectivity index (χ1v) is 4.97. The Hall–Kier alpha value is -1.94. The Morgan fingerprint density at radius 3 is 2.94 bits per heavy atom. The third-order valence-corrected chi connectivity index (χ3v) is 2.17. The number of nitrogens with two attached hydrogens (primary N) is 1. The minimum Gasteiger partial charge on any atom is -0.327 e. The Morgan fingerprint density at radius 2 is 2.31 bits per heavy atom. The van der Waals surface area contributed by atoms with Gasteiger partial charge in [0.05, 0.1) is 0 Å². The van der Waals surface area contributed by atoms with E-state index in [0.29, 0.717) is 12.2 Å². The zero-order valence-electron chi connectivity index (χ0n) is 8.68. The van der Waals surface area contributed by atoms with Gasteiger partial charge in [-0.15, -0.1) is 0 Å². The Kier molecular flexibility index (Phi) is 3.12. The predicted octanol–water partition coefficient (Wildman–Crippen LogP) is 1.98. The summed E-state index contributed by atoms with van der Waals surface area (Å²) in [4.78, 5) is 0. The van der Waals surface area contributed by atoms with E-state index in [0.717, 1.165) is 5.56 Å². The second kappa shape index (κ2) is 4.72. The molecule has 0 radical (unpaired) electrons. The van der Waals surface area contributed by atoms with E-state index in [2.05, 4.69) is 5.10 Å². The monoisotopic (exact) mass is 217 g/mol. The number of nitrogens with zero attached hydrogens (tertiary/aromatic N) is 2. The molecular formula is C12H12FN3. The number of aromatic nitrogens is 2. The second-order valence-electron chi connectivity index (χ2n) is 3.30. The van der Waals surface area contributed by atoms with Crippen LogP contribution in [0.5, 0.6) is 0 Å². The Morgan fingerprint density at radius 1 is 1.44 bits per heavy atom. The molecule has 16 heavy (non-hydrogen) atoms. The molecule has 0 bridgehead atoms. The topological polar surface area (TPSA) is 43.8 Å². The standard InChI is InChI=1S/C12H12FN3/c13-11-9-10(3-1-6-14)4-5-12(11)16-8-2-7-15-16/h1-5,7-9H,6,14H2/b3-1+. The summed E-state index contributed by atoms with van der Waals surface area (Å²) in [7, 11) is 0. The molecule has 3 nitrogen and oxygen atoms in total. The number of halogens is 1. The molecule has 1 aromatic carbocycles. The highest BCUT2D eigenvalue weighted by Gasteiger charge is 2.04. The molecule has 0 saturated carbocycles. The molecule has 1 aromatic heterocycles. The highest BCUT2D eigenvalue weighted by atomic mass is 19.1. The highest BCUT2D eigenvalue weighted by molar-refractivity contribution is 5.52. The van der Waals surface area contributed by atoms with E-state index in [1.54, 1.807) is 36.7 Å². The molecule has 4 heteroatoms. The quantitative estimate of drug-likeness (QED) is 0.854. The van der Waals surface area contributed by atoms with Crippen molar-refractivity contribution in [3.05, 3.63) is 54.1 Å². The highest BCUT2D eigenvalue weighted by Crippen LogP contribution is 2.15. The molecule has 2 aromatic rings. The molecule has 0 amide bonds. The summed E-state index contributed by atoms with van der Waals surface area (Å²) in [5.74, 6) is -0.303. The summed E-state index contributed by atoms with van der Waals surface area (Å²) in [6.45, 7) is 0.447. The first-order valence-electron chi connectivity index (χ1n) is 4.97. The van der Waals surface area contributed by atoms with Gasteiger partial charge in [0.1, 0.15) is 11.5 Å². The van der Waals surface area contributed by atoms with Crippen LogP contribution in [-0.2, 0) is 0 Å². The summed E-state index contributed by atoms with van der Waals surface area (Å²) < 4.78 is 15.2. The van der Waals surface area contributed by atoms with Crippen molar-refractivity contribution in [2.24, 2.45) is 5.73 Å². The van der Waals surface area contributed by atoms with Crippen LogP contribution in [0.15, 0.2) is 42.7 Å². The molecular weight excluding hydrogens is 205 g/mol. The summed E-state index contributed by atoms with van der Waals surface area (Å²) in [5.41, 5.74) is 6.56. The largest absolute Gasteiger partial charge is 0.327 e. The van der Waals surface area contributed by atoms with Crippen molar-refractivity contribution in [2.75, 3.05) is 6.54 Å². The van der Waals surface area contributed by atoms with E-state index in [1.807, 2.05) is 6.07 Å². The van der Waals surface area contributed by atoms with E-state index in [4.69, 9.17) is 5.73 Å². The molecule has 0 aliphatic heterocycles. The van der Waals surface area contributed by atoms with Crippen molar-refractivity contribution in [1.29, 1.82) is 0 Å². The van der Waals surface area contributed by atoms with Crippen molar-refractivity contribution in [2.45, 2.75) is 0 Å². The summed E-state index contributed by atoms with van der Waals surface area (Å²) >= 11 is 0. The molecule has 0 aliphatic rings. The SMILES string of the molecule is NC/C=C/c1ccc(-n2cccn2)c(F)c1. The zero-order valence-corrected chi connectivity index (χ0v) is 8.68. The smallest absolute Gasteiger partial charge is 0.149 e. The number of hydrogen-bond donors (Lipinski definition) is 1. The molecule has 2 N–H and O–H groups in total. The maximum atomic E-state index is 13.7. The Labute approximate surface area is 93.0 Å². The first kappa shape index (κ1) is 10.6. The molecule has 0 spiro atoms. The number of benzene rings is 1. The van der Waals surface area contributed by atoms with Crippen molar-refractivity contribution < 1.29 is 4.39 Å². The van der Waals surface area contributed by atoms with Crippen LogP contribution in [0.25, 0.3) is 11.8 Å². The van der Waals surface area contributed by atoms with E-state index in [9.17, 15) is 4.39 Å². The van der Waals surface area contributed by atoms with Crippen molar-refractivity contribution in [3.8, 4) is 5.69 Å². The van der Waals surface area contributed by atoms with Crippen LogP contribution >= 0.6 is 0 Å². The van der Waals surface area contributed by atoms with Gasteiger partial charge in [-0.2, -0.15) is 5.10 Å². The van der Waals surface area contributed by atoms with Gasteiger partial charge in [-0.25, -0.2) is 9.07 Å². The third kappa shape index (κ3) is 2.17. The van der Waals surface area contributed by atoms with Crippen LogP contribution in [-0.4, -0.2) is 16.3 Å². The molecule has 1 heterocycles.